The Hall–Kier alpha value is -0.970. The van der Waals surface area contributed by atoms with Crippen molar-refractivity contribution in [1.82, 2.24) is 4.90 Å². The standard InChI is InChI=1S/C14H17NO2S/c1-15-6-7-18-9-11(15)14(16)13-8-10-4-2-3-5-12(10)17-13/h2-5,8,11,14,16H,6-7,9H2,1H3. The largest absolute Gasteiger partial charge is 0.458 e. The fourth-order valence-corrected chi connectivity index (χ4v) is 3.64. The van der Waals surface area contributed by atoms with Crippen molar-refractivity contribution in [3.8, 4) is 0 Å². The molecule has 0 radical (unpaired) electrons. The van der Waals surface area contributed by atoms with Gasteiger partial charge in [0, 0.05) is 23.4 Å². The predicted octanol–water partition coefficient (Wildman–Crippen LogP) is 2.51. The molecule has 1 saturated heterocycles. The summed E-state index contributed by atoms with van der Waals surface area (Å²) in [6.07, 6.45) is -0.546. The number of aliphatic hydroxyl groups excluding tert-OH is 1. The van der Waals surface area contributed by atoms with Crippen LogP contribution in [0.4, 0.5) is 0 Å². The third kappa shape index (κ3) is 2.16. The van der Waals surface area contributed by atoms with Gasteiger partial charge in [-0.15, -0.1) is 0 Å². The summed E-state index contributed by atoms with van der Waals surface area (Å²) in [7, 11) is 2.07. The van der Waals surface area contributed by atoms with Gasteiger partial charge in [0.25, 0.3) is 0 Å². The molecule has 1 N–H and O–H groups in total. The quantitative estimate of drug-likeness (QED) is 0.903. The molecule has 2 unspecified atom stereocenters. The summed E-state index contributed by atoms with van der Waals surface area (Å²) in [5.74, 6) is 2.77. The van der Waals surface area contributed by atoms with Crippen LogP contribution in [0.1, 0.15) is 11.9 Å². The molecule has 1 aromatic heterocycles. The van der Waals surface area contributed by atoms with Gasteiger partial charge in [-0.3, -0.25) is 4.90 Å². The molecular formula is C14H17NO2S. The molecule has 0 amide bonds. The monoisotopic (exact) mass is 263 g/mol. The number of fused-ring (bicyclic) bond motifs is 1. The van der Waals surface area contributed by atoms with Gasteiger partial charge in [0.05, 0.1) is 6.04 Å². The second-order valence-electron chi connectivity index (χ2n) is 4.75. The van der Waals surface area contributed by atoms with Crippen molar-refractivity contribution < 1.29 is 9.52 Å². The first-order valence-corrected chi connectivity index (χ1v) is 7.36. The van der Waals surface area contributed by atoms with E-state index in [0.29, 0.717) is 5.76 Å². The fraction of sp³-hybridized carbons (Fsp3) is 0.429. The number of likely N-dealkylation sites (N-methyl/N-ethyl adjacent to an activating group) is 1. The Morgan fingerprint density at radius 3 is 3.06 bits per heavy atom. The first-order chi connectivity index (χ1) is 8.75. The number of thioether (sulfide) groups is 1. The van der Waals surface area contributed by atoms with E-state index in [1.807, 2.05) is 42.1 Å². The van der Waals surface area contributed by atoms with E-state index < -0.39 is 6.10 Å². The summed E-state index contributed by atoms with van der Waals surface area (Å²) in [4.78, 5) is 2.22. The maximum Gasteiger partial charge on any atom is 0.135 e. The summed E-state index contributed by atoms with van der Waals surface area (Å²) >= 11 is 1.89. The zero-order valence-corrected chi connectivity index (χ0v) is 11.2. The molecule has 1 aliphatic rings. The molecule has 4 heteroatoms. The molecule has 0 spiro atoms. The van der Waals surface area contributed by atoms with Crippen molar-refractivity contribution >= 4 is 22.7 Å². The van der Waals surface area contributed by atoms with Crippen molar-refractivity contribution in [2.45, 2.75) is 12.1 Å². The number of rotatable bonds is 2. The maximum atomic E-state index is 10.5. The van der Waals surface area contributed by atoms with Crippen molar-refractivity contribution in [3.63, 3.8) is 0 Å². The lowest BCUT2D eigenvalue weighted by Crippen LogP contribution is -2.43. The lowest BCUT2D eigenvalue weighted by atomic mass is 10.1. The van der Waals surface area contributed by atoms with Crippen LogP contribution in [0.2, 0.25) is 0 Å². The summed E-state index contributed by atoms with van der Waals surface area (Å²) in [6, 6.07) is 9.97. The Morgan fingerprint density at radius 1 is 1.44 bits per heavy atom. The topological polar surface area (TPSA) is 36.6 Å². The second-order valence-corrected chi connectivity index (χ2v) is 5.90. The van der Waals surface area contributed by atoms with Crippen molar-refractivity contribution in [2.24, 2.45) is 0 Å². The number of hydrogen-bond donors (Lipinski definition) is 1. The van der Waals surface area contributed by atoms with E-state index >= 15 is 0 Å². The Labute approximate surface area is 111 Å². The van der Waals surface area contributed by atoms with E-state index in [2.05, 4.69) is 11.9 Å². The van der Waals surface area contributed by atoms with Crippen LogP contribution in [0.25, 0.3) is 11.0 Å². The van der Waals surface area contributed by atoms with Crippen LogP contribution in [0.3, 0.4) is 0 Å². The molecule has 96 valence electrons. The van der Waals surface area contributed by atoms with Crippen LogP contribution in [-0.4, -0.2) is 41.1 Å². The number of hydrogen-bond acceptors (Lipinski definition) is 4. The highest BCUT2D eigenvalue weighted by Crippen LogP contribution is 2.30. The minimum Gasteiger partial charge on any atom is -0.458 e. The molecule has 0 bridgehead atoms. The smallest absolute Gasteiger partial charge is 0.135 e. The van der Waals surface area contributed by atoms with Crippen LogP contribution >= 0.6 is 11.8 Å². The molecule has 3 nitrogen and oxygen atoms in total. The normalized spacial score (nSPS) is 23.3. The summed E-state index contributed by atoms with van der Waals surface area (Å²) < 4.78 is 5.75. The molecule has 1 fully saturated rings. The first-order valence-electron chi connectivity index (χ1n) is 6.20. The average Bonchev–Trinajstić information content (AvgIpc) is 2.82. The zero-order chi connectivity index (χ0) is 12.5. The Balaban J connectivity index is 1.88. The van der Waals surface area contributed by atoms with Gasteiger partial charge in [-0.1, -0.05) is 18.2 Å². The van der Waals surface area contributed by atoms with Crippen molar-refractivity contribution in [3.05, 3.63) is 36.1 Å². The molecule has 0 aliphatic carbocycles. The van der Waals surface area contributed by atoms with E-state index in [-0.39, 0.29) is 6.04 Å². The molecule has 2 aromatic rings. The predicted molar refractivity (Wildman–Crippen MR) is 74.9 cm³/mol. The molecule has 3 rings (SSSR count). The van der Waals surface area contributed by atoms with Gasteiger partial charge in [0.15, 0.2) is 0 Å². The van der Waals surface area contributed by atoms with Gasteiger partial charge in [0.1, 0.15) is 17.4 Å². The Bertz CT molecular complexity index is 506. The lowest BCUT2D eigenvalue weighted by molar-refractivity contribution is 0.0602. The SMILES string of the molecule is CN1CCSCC1C(O)c1cc2ccccc2o1. The maximum absolute atomic E-state index is 10.5. The fourth-order valence-electron chi connectivity index (χ4n) is 2.38. The number of para-hydroxylation sites is 1. The van der Waals surface area contributed by atoms with E-state index in [4.69, 9.17) is 4.42 Å². The number of benzene rings is 1. The van der Waals surface area contributed by atoms with Gasteiger partial charge in [-0.25, -0.2) is 0 Å². The van der Waals surface area contributed by atoms with Gasteiger partial charge in [-0.2, -0.15) is 11.8 Å². The third-order valence-corrected chi connectivity index (χ3v) is 4.59. The Morgan fingerprint density at radius 2 is 2.28 bits per heavy atom. The minimum absolute atomic E-state index is 0.143. The first kappa shape index (κ1) is 12.1. The van der Waals surface area contributed by atoms with Crippen LogP contribution in [0.15, 0.2) is 34.7 Å². The van der Waals surface area contributed by atoms with Crippen LogP contribution in [0, 0.1) is 0 Å². The number of aliphatic hydroxyl groups is 1. The minimum atomic E-state index is -0.546. The van der Waals surface area contributed by atoms with E-state index in [1.165, 1.54) is 0 Å². The highest BCUT2D eigenvalue weighted by molar-refractivity contribution is 7.99. The highest BCUT2D eigenvalue weighted by Gasteiger charge is 2.29. The summed E-state index contributed by atoms with van der Waals surface area (Å²) in [5, 5.41) is 11.5. The molecule has 0 saturated carbocycles. The van der Waals surface area contributed by atoms with Crippen molar-refractivity contribution in [2.75, 3.05) is 25.1 Å². The van der Waals surface area contributed by atoms with E-state index in [9.17, 15) is 5.11 Å². The average molecular weight is 263 g/mol. The van der Waals surface area contributed by atoms with Crippen LogP contribution < -0.4 is 0 Å². The lowest BCUT2D eigenvalue weighted by Gasteiger charge is -2.34. The Kier molecular flexibility index (Phi) is 3.33. The molecule has 2 heterocycles. The van der Waals surface area contributed by atoms with Gasteiger partial charge >= 0.3 is 0 Å². The van der Waals surface area contributed by atoms with Gasteiger partial charge in [-0.05, 0) is 19.2 Å². The molecule has 18 heavy (non-hydrogen) atoms. The highest BCUT2D eigenvalue weighted by atomic mass is 32.2. The molecule has 1 aromatic carbocycles. The van der Waals surface area contributed by atoms with Crippen LogP contribution in [0.5, 0.6) is 0 Å². The van der Waals surface area contributed by atoms with Crippen LogP contribution in [-0.2, 0) is 0 Å². The number of furan rings is 1. The second kappa shape index (κ2) is 4.96. The van der Waals surface area contributed by atoms with Gasteiger partial charge in [0.2, 0.25) is 0 Å². The third-order valence-electron chi connectivity index (χ3n) is 3.54. The zero-order valence-electron chi connectivity index (χ0n) is 10.4. The summed E-state index contributed by atoms with van der Waals surface area (Å²) in [6.45, 7) is 1.02. The van der Waals surface area contributed by atoms with Gasteiger partial charge < -0.3 is 9.52 Å². The van der Waals surface area contributed by atoms with Crippen molar-refractivity contribution in [1.29, 1.82) is 0 Å². The molecular weight excluding hydrogens is 246 g/mol. The number of nitrogens with zero attached hydrogens (tertiary/aromatic N) is 1. The molecule has 1 aliphatic heterocycles. The molecule has 2 atom stereocenters. The van der Waals surface area contributed by atoms with E-state index in [0.717, 1.165) is 29.0 Å². The van der Waals surface area contributed by atoms with E-state index in [1.54, 1.807) is 0 Å². The summed E-state index contributed by atoms with van der Waals surface area (Å²) in [5.41, 5.74) is 0.845.